The molecule has 0 spiro atoms. The van der Waals surface area contributed by atoms with Crippen LogP contribution >= 0.6 is 0 Å². The maximum absolute atomic E-state index is 13.3. The third-order valence-electron chi connectivity index (χ3n) is 8.04. The Hall–Kier alpha value is -3.86. The van der Waals surface area contributed by atoms with Gasteiger partial charge in [0.15, 0.2) is 0 Å². The minimum atomic E-state index is -0.294. The van der Waals surface area contributed by atoms with Crippen LogP contribution in [0.15, 0.2) is 82.5 Å². The molecular weight excluding hydrogens is 496 g/mol. The van der Waals surface area contributed by atoms with Gasteiger partial charge in [-0.05, 0) is 94.0 Å². The Kier molecular flexibility index (Phi) is 6.17. The summed E-state index contributed by atoms with van der Waals surface area (Å²) in [7, 11) is 0. The highest BCUT2D eigenvalue weighted by atomic mass is 16.5. The first-order valence-electron chi connectivity index (χ1n) is 14.3. The van der Waals surface area contributed by atoms with Gasteiger partial charge in [-0.25, -0.2) is 4.79 Å². The average Bonchev–Trinajstić information content (AvgIpc) is 2.87. The zero-order chi connectivity index (χ0) is 28.4. The van der Waals surface area contributed by atoms with Crippen LogP contribution in [0, 0.1) is 5.92 Å². The van der Waals surface area contributed by atoms with Crippen molar-refractivity contribution < 1.29 is 14.3 Å². The second-order valence-electron chi connectivity index (χ2n) is 12.5. The highest BCUT2D eigenvalue weighted by Crippen LogP contribution is 2.41. The molecule has 0 fully saturated rings. The van der Waals surface area contributed by atoms with Crippen molar-refractivity contribution in [2.24, 2.45) is 10.9 Å². The normalized spacial score (nSPS) is 23.2. The zero-order valence-corrected chi connectivity index (χ0v) is 24.5. The summed E-state index contributed by atoms with van der Waals surface area (Å²) >= 11 is 0. The molecule has 6 rings (SSSR count). The number of hydrogen-bond donors (Lipinski definition) is 1. The molecule has 0 saturated heterocycles. The van der Waals surface area contributed by atoms with Crippen LogP contribution in [0.3, 0.4) is 0 Å². The van der Waals surface area contributed by atoms with E-state index < -0.39 is 0 Å². The number of ether oxygens (including phenoxy) is 2. The molecular formula is C35H38N2O3. The molecule has 2 aromatic carbocycles. The summed E-state index contributed by atoms with van der Waals surface area (Å²) in [5, 5.41) is 5.62. The highest BCUT2D eigenvalue weighted by molar-refractivity contribution is 5.96. The van der Waals surface area contributed by atoms with Crippen LogP contribution in [0.5, 0.6) is 5.75 Å². The lowest BCUT2D eigenvalue weighted by molar-refractivity contribution is 0.0504. The largest absolute Gasteiger partial charge is 0.485 e. The SMILES string of the molecule is CCCOC(=O)c1ccccc1C1=c2cc3c(cc2OC2C=C4NC(C)(C)C=C(C)C4=CC12)=NC(C)(C)C=C3C. The fourth-order valence-electron chi connectivity index (χ4n) is 6.59. The van der Waals surface area contributed by atoms with Gasteiger partial charge in [-0.15, -0.1) is 0 Å². The predicted octanol–water partition coefficient (Wildman–Crippen LogP) is 5.80. The molecule has 5 heteroatoms. The summed E-state index contributed by atoms with van der Waals surface area (Å²) in [6.07, 6.45) is 9.56. The van der Waals surface area contributed by atoms with Crippen molar-refractivity contribution in [1.82, 2.24) is 5.32 Å². The van der Waals surface area contributed by atoms with Gasteiger partial charge in [0.2, 0.25) is 0 Å². The fourth-order valence-corrected chi connectivity index (χ4v) is 6.59. The third-order valence-corrected chi connectivity index (χ3v) is 8.04. The number of carbonyl (C=O) groups is 1. The van der Waals surface area contributed by atoms with Crippen molar-refractivity contribution in [2.45, 2.75) is 72.1 Å². The minimum Gasteiger partial charge on any atom is -0.485 e. The number of nitrogens with zero attached hydrogens (tertiary/aromatic N) is 1. The van der Waals surface area contributed by atoms with Crippen LogP contribution in [-0.2, 0) is 4.74 Å². The van der Waals surface area contributed by atoms with E-state index in [0.717, 1.165) is 45.1 Å². The molecule has 3 heterocycles. The Morgan fingerprint density at radius 3 is 2.58 bits per heavy atom. The van der Waals surface area contributed by atoms with E-state index in [0.29, 0.717) is 12.2 Å². The molecule has 0 bridgehead atoms. The van der Waals surface area contributed by atoms with Crippen molar-refractivity contribution in [3.63, 3.8) is 0 Å². The van der Waals surface area contributed by atoms with E-state index in [1.54, 1.807) is 0 Å². The summed E-state index contributed by atoms with van der Waals surface area (Å²) in [5.74, 6) is 0.409. The van der Waals surface area contributed by atoms with E-state index in [-0.39, 0.29) is 29.1 Å². The Bertz CT molecular complexity index is 1680. The van der Waals surface area contributed by atoms with Gasteiger partial charge < -0.3 is 14.8 Å². The number of rotatable bonds is 4. The highest BCUT2D eigenvalue weighted by Gasteiger charge is 2.38. The first-order valence-corrected chi connectivity index (χ1v) is 14.3. The third kappa shape index (κ3) is 4.51. The zero-order valence-electron chi connectivity index (χ0n) is 24.5. The van der Waals surface area contributed by atoms with Crippen molar-refractivity contribution >= 4 is 17.1 Å². The number of nitrogens with one attached hydrogen (secondary N) is 1. The smallest absolute Gasteiger partial charge is 0.338 e. The van der Waals surface area contributed by atoms with Crippen LogP contribution in [0.25, 0.3) is 11.1 Å². The Labute approximate surface area is 236 Å². The molecule has 0 aromatic heterocycles. The van der Waals surface area contributed by atoms with Gasteiger partial charge in [0.05, 0.1) is 28.6 Å². The number of benzene rings is 2. The number of carbonyl (C=O) groups excluding carboxylic acids is 1. The van der Waals surface area contributed by atoms with Gasteiger partial charge in [0, 0.05) is 28.5 Å². The van der Waals surface area contributed by atoms with Crippen LogP contribution in [-0.4, -0.2) is 29.8 Å². The van der Waals surface area contributed by atoms with Crippen LogP contribution < -0.4 is 20.6 Å². The number of hydrogen-bond acceptors (Lipinski definition) is 5. The first-order chi connectivity index (χ1) is 19.0. The lowest BCUT2D eigenvalue weighted by Gasteiger charge is -2.40. The maximum Gasteiger partial charge on any atom is 0.338 e. The average molecular weight is 535 g/mol. The van der Waals surface area contributed by atoms with Crippen molar-refractivity contribution in [2.75, 3.05) is 6.61 Å². The van der Waals surface area contributed by atoms with E-state index in [4.69, 9.17) is 14.5 Å². The second-order valence-corrected chi connectivity index (χ2v) is 12.5. The molecule has 0 amide bonds. The second kappa shape index (κ2) is 9.36. The van der Waals surface area contributed by atoms with E-state index in [2.05, 4.69) is 83.3 Å². The molecule has 5 nitrogen and oxygen atoms in total. The van der Waals surface area contributed by atoms with Gasteiger partial charge in [-0.3, -0.25) is 4.99 Å². The minimum absolute atomic E-state index is 0.0861. The molecule has 3 aliphatic heterocycles. The maximum atomic E-state index is 13.3. The van der Waals surface area contributed by atoms with Crippen LogP contribution in [0.1, 0.15) is 76.4 Å². The Morgan fingerprint density at radius 2 is 1.80 bits per heavy atom. The van der Waals surface area contributed by atoms with Gasteiger partial charge >= 0.3 is 5.97 Å². The molecule has 4 aliphatic rings. The number of fused-ring (bicyclic) bond motifs is 4. The summed E-state index contributed by atoms with van der Waals surface area (Å²) in [5.41, 5.74) is 7.91. The first kappa shape index (κ1) is 26.4. The van der Waals surface area contributed by atoms with Crippen molar-refractivity contribution in [3.05, 3.63) is 105 Å². The summed E-state index contributed by atoms with van der Waals surface area (Å²) < 4.78 is 12.4. The van der Waals surface area contributed by atoms with Gasteiger partial charge in [0.25, 0.3) is 0 Å². The molecule has 0 saturated carbocycles. The van der Waals surface area contributed by atoms with E-state index >= 15 is 0 Å². The number of esters is 1. The predicted molar refractivity (Wildman–Crippen MR) is 160 cm³/mol. The fraction of sp³-hybridized carbons (Fsp3) is 0.371. The molecule has 2 aromatic rings. The lowest BCUT2D eigenvalue weighted by atomic mass is 9.76. The van der Waals surface area contributed by atoms with Crippen LogP contribution in [0.2, 0.25) is 0 Å². The van der Waals surface area contributed by atoms with Crippen LogP contribution in [0.4, 0.5) is 0 Å². The summed E-state index contributed by atoms with van der Waals surface area (Å²) in [6.45, 7) is 15.3. The molecule has 40 heavy (non-hydrogen) atoms. The standard InChI is InChI=1S/C35H38N2O3/c1-8-13-39-33(38)23-12-10-9-11-22(23)32-26-14-24-20(2)18-34(4,5)36-28(24)16-30(26)40-31-17-29-25(15-27(31)32)21(3)19-35(6,7)37-29/h9-12,14-19,26,30,36H,8,13H2,1-7H3. The molecule has 0 radical (unpaired) electrons. The molecule has 206 valence electrons. The monoisotopic (exact) mass is 534 g/mol. The Balaban J connectivity index is 1.64. The molecule has 1 N–H and O–H groups in total. The molecule has 1 aliphatic carbocycles. The summed E-state index contributed by atoms with van der Waals surface area (Å²) in [4.78, 5) is 18.3. The van der Waals surface area contributed by atoms with E-state index in [1.807, 2.05) is 31.2 Å². The lowest BCUT2D eigenvalue weighted by Crippen LogP contribution is -2.45. The van der Waals surface area contributed by atoms with Crippen molar-refractivity contribution in [3.8, 4) is 5.75 Å². The van der Waals surface area contributed by atoms with Gasteiger partial charge in [-0.1, -0.05) is 43.4 Å². The molecule has 2 unspecified atom stereocenters. The van der Waals surface area contributed by atoms with E-state index in [9.17, 15) is 4.79 Å². The van der Waals surface area contributed by atoms with Crippen molar-refractivity contribution in [1.29, 1.82) is 0 Å². The molecule has 2 atom stereocenters. The topological polar surface area (TPSA) is 59.9 Å². The Morgan fingerprint density at radius 1 is 1.02 bits per heavy atom. The van der Waals surface area contributed by atoms with Gasteiger partial charge in [-0.2, -0.15) is 0 Å². The van der Waals surface area contributed by atoms with Gasteiger partial charge in [0.1, 0.15) is 11.9 Å². The summed E-state index contributed by atoms with van der Waals surface area (Å²) in [6, 6.07) is 12.1. The van der Waals surface area contributed by atoms with E-state index in [1.165, 1.54) is 16.7 Å². The number of allylic oxidation sites excluding steroid dienone is 2. The quantitative estimate of drug-likeness (QED) is 0.504.